The Morgan fingerprint density at radius 3 is 2.85 bits per heavy atom. The second-order valence-electron chi connectivity index (χ2n) is 2.67. The lowest BCUT2D eigenvalue weighted by atomic mass is 10.3. The van der Waals surface area contributed by atoms with Gasteiger partial charge in [-0.1, -0.05) is 42.6 Å². The van der Waals surface area contributed by atoms with Crippen molar-refractivity contribution < 1.29 is 4.74 Å². The molecule has 0 aromatic heterocycles. The molecule has 1 radical (unpaired) electrons. The summed E-state index contributed by atoms with van der Waals surface area (Å²) >= 11 is 11.7. The van der Waals surface area contributed by atoms with E-state index >= 15 is 0 Å². The topological polar surface area (TPSA) is 9.23 Å². The molecule has 0 unspecified atom stereocenters. The van der Waals surface area contributed by atoms with Crippen molar-refractivity contribution in [1.82, 2.24) is 0 Å². The molecule has 0 aliphatic rings. The fourth-order valence-electron chi connectivity index (χ4n) is 0.885. The van der Waals surface area contributed by atoms with E-state index in [9.17, 15) is 0 Å². The molecule has 13 heavy (non-hydrogen) atoms. The monoisotopic (exact) mass is 217 g/mol. The van der Waals surface area contributed by atoms with Gasteiger partial charge in [-0.3, -0.25) is 0 Å². The summed E-state index contributed by atoms with van der Waals surface area (Å²) in [5.74, 6) is 0.541. The molecule has 0 heterocycles. The Kier molecular flexibility index (Phi) is 4.40. The maximum atomic E-state index is 5.88. The molecule has 1 aromatic carbocycles. The summed E-state index contributed by atoms with van der Waals surface area (Å²) in [6.45, 7) is 2.75. The molecule has 0 spiro atoms. The van der Waals surface area contributed by atoms with Crippen LogP contribution in [-0.4, -0.2) is 6.61 Å². The van der Waals surface area contributed by atoms with Crippen molar-refractivity contribution in [3.05, 3.63) is 28.2 Å². The number of hydrogen-bond donors (Lipinski definition) is 0. The van der Waals surface area contributed by atoms with Crippen LogP contribution in [-0.2, 0) is 0 Å². The third-order valence-electron chi connectivity index (χ3n) is 1.60. The molecule has 0 aliphatic carbocycles. The average Bonchev–Trinajstić information content (AvgIpc) is 2.10. The number of hydrogen-bond acceptors (Lipinski definition) is 1. The Labute approximate surface area is 88.6 Å². The van der Waals surface area contributed by atoms with Gasteiger partial charge >= 0.3 is 0 Å². The standard InChI is InChI=1S/C10H11Cl2O/c1-2-3-7-13-10-8(11)5-4-6-9(10)12/h4-5H,2-3,7H2,1H3. The van der Waals surface area contributed by atoms with Crippen molar-refractivity contribution in [1.29, 1.82) is 0 Å². The molecule has 3 heteroatoms. The van der Waals surface area contributed by atoms with Crippen LogP contribution < -0.4 is 4.74 Å². The third-order valence-corrected chi connectivity index (χ3v) is 2.18. The highest BCUT2D eigenvalue weighted by atomic mass is 35.5. The fourth-order valence-corrected chi connectivity index (χ4v) is 1.36. The van der Waals surface area contributed by atoms with Crippen LogP contribution in [0.5, 0.6) is 5.75 Å². The van der Waals surface area contributed by atoms with Gasteiger partial charge in [0.1, 0.15) is 0 Å². The highest BCUT2D eigenvalue weighted by Gasteiger charge is 2.05. The van der Waals surface area contributed by atoms with E-state index in [1.54, 1.807) is 12.1 Å². The summed E-state index contributed by atoms with van der Waals surface area (Å²) in [7, 11) is 0. The van der Waals surface area contributed by atoms with Crippen LogP contribution in [0.25, 0.3) is 0 Å². The van der Waals surface area contributed by atoms with Crippen LogP contribution in [0.4, 0.5) is 0 Å². The molecule has 0 N–H and O–H groups in total. The van der Waals surface area contributed by atoms with Gasteiger partial charge in [-0.15, -0.1) is 0 Å². The Hall–Kier alpha value is -0.400. The van der Waals surface area contributed by atoms with Crippen LogP contribution in [0.1, 0.15) is 19.8 Å². The highest BCUT2D eigenvalue weighted by molar-refractivity contribution is 6.37. The molecular formula is C10H11Cl2O. The van der Waals surface area contributed by atoms with E-state index in [0.717, 1.165) is 12.8 Å². The normalized spacial score (nSPS) is 10.1. The Bertz CT molecular complexity index is 253. The Balaban J connectivity index is 2.64. The lowest BCUT2D eigenvalue weighted by Crippen LogP contribution is -1.97. The number of halogens is 2. The van der Waals surface area contributed by atoms with Gasteiger partial charge < -0.3 is 4.74 Å². The molecule has 0 saturated heterocycles. The maximum absolute atomic E-state index is 5.88. The third kappa shape index (κ3) is 3.09. The summed E-state index contributed by atoms with van der Waals surface area (Å²) in [6, 6.07) is 6.22. The van der Waals surface area contributed by atoms with E-state index < -0.39 is 0 Å². The Morgan fingerprint density at radius 2 is 2.23 bits per heavy atom. The molecule has 1 nitrogen and oxygen atoms in total. The zero-order chi connectivity index (χ0) is 9.68. The Morgan fingerprint density at radius 1 is 1.46 bits per heavy atom. The minimum Gasteiger partial charge on any atom is -0.490 e. The number of benzene rings is 1. The SMILES string of the molecule is CCCCOc1c(Cl)[c]ccc1Cl. The molecule has 1 aromatic rings. The van der Waals surface area contributed by atoms with Crippen molar-refractivity contribution in [2.45, 2.75) is 19.8 Å². The quantitative estimate of drug-likeness (QED) is 0.694. The molecule has 0 aliphatic heterocycles. The van der Waals surface area contributed by atoms with Gasteiger partial charge in [0.2, 0.25) is 0 Å². The predicted molar refractivity (Wildman–Crippen MR) is 55.7 cm³/mol. The van der Waals surface area contributed by atoms with Crippen LogP contribution in [0.3, 0.4) is 0 Å². The second kappa shape index (κ2) is 5.36. The van der Waals surface area contributed by atoms with Crippen molar-refractivity contribution in [3.8, 4) is 5.75 Å². The maximum Gasteiger partial charge on any atom is 0.157 e. The van der Waals surface area contributed by atoms with E-state index in [0.29, 0.717) is 22.4 Å². The molecule has 0 fully saturated rings. The lowest BCUT2D eigenvalue weighted by molar-refractivity contribution is 0.309. The smallest absolute Gasteiger partial charge is 0.157 e. The van der Waals surface area contributed by atoms with E-state index in [4.69, 9.17) is 27.9 Å². The van der Waals surface area contributed by atoms with E-state index in [2.05, 4.69) is 13.0 Å². The van der Waals surface area contributed by atoms with Crippen LogP contribution in [0.15, 0.2) is 12.1 Å². The lowest BCUT2D eigenvalue weighted by Gasteiger charge is -2.08. The molecule has 71 valence electrons. The number of ether oxygens (including phenoxy) is 1. The van der Waals surface area contributed by atoms with Gasteiger partial charge in [-0.05, 0) is 12.5 Å². The van der Waals surface area contributed by atoms with Crippen LogP contribution in [0.2, 0.25) is 10.0 Å². The summed E-state index contributed by atoms with van der Waals surface area (Å²) in [5.41, 5.74) is 0. The van der Waals surface area contributed by atoms with Gasteiger partial charge in [-0.25, -0.2) is 0 Å². The van der Waals surface area contributed by atoms with Gasteiger partial charge in [0.25, 0.3) is 0 Å². The van der Waals surface area contributed by atoms with E-state index in [-0.39, 0.29) is 0 Å². The number of unbranched alkanes of at least 4 members (excludes halogenated alkanes) is 1. The van der Waals surface area contributed by atoms with Crippen molar-refractivity contribution in [3.63, 3.8) is 0 Å². The first-order valence-corrected chi connectivity index (χ1v) is 4.99. The first-order chi connectivity index (χ1) is 6.25. The molecule has 0 bridgehead atoms. The van der Waals surface area contributed by atoms with Gasteiger partial charge in [0.05, 0.1) is 16.7 Å². The van der Waals surface area contributed by atoms with Gasteiger partial charge in [0.15, 0.2) is 5.75 Å². The van der Waals surface area contributed by atoms with E-state index in [1.807, 2.05) is 0 Å². The fraction of sp³-hybridized carbons (Fsp3) is 0.400. The van der Waals surface area contributed by atoms with Crippen molar-refractivity contribution in [2.24, 2.45) is 0 Å². The van der Waals surface area contributed by atoms with E-state index in [1.165, 1.54) is 0 Å². The number of rotatable bonds is 4. The zero-order valence-electron chi connectivity index (χ0n) is 7.44. The summed E-state index contributed by atoms with van der Waals surface area (Å²) in [4.78, 5) is 0. The summed E-state index contributed by atoms with van der Waals surface area (Å²) in [5, 5.41) is 0.989. The van der Waals surface area contributed by atoms with Crippen molar-refractivity contribution >= 4 is 23.2 Å². The van der Waals surface area contributed by atoms with Gasteiger partial charge in [-0.2, -0.15) is 0 Å². The summed E-state index contributed by atoms with van der Waals surface area (Å²) in [6.07, 6.45) is 2.09. The predicted octanol–water partition coefficient (Wildman–Crippen LogP) is 3.97. The average molecular weight is 218 g/mol. The molecule has 1 rings (SSSR count). The first kappa shape index (κ1) is 10.7. The largest absolute Gasteiger partial charge is 0.490 e. The van der Waals surface area contributed by atoms with Gasteiger partial charge in [0, 0.05) is 6.07 Å². The van der Waals surface area contributed by atoms with Crippen molar-refractivity contribution in [2.75, 3.05) is 6.61 Å². The molecular weight excluding hydrogens is 207 g/mol. The second-order valence-corrected chi connectivity index (χ2v) is 3.46. The zero-order valence-corrected chi connectivity index (χ0v) is 8.95. The molecule has 0 amide bonds. The summed E-state index contributed by atoms with van der Waals surface area (Å²) < 4.78 is 5.41. The van der Waals surface area contributed by atoms with Crippen LogP contribution in [0, 0.1) is 6.07 Å². The molecule has 0 atom stereocenters. The highest BCUT2D eigenvalue weighted by Crippen LogP contribution is 2.31. The molecule has 0 saturated carbocycles. The minimum absolute atomic E-state index is 0.448. The first-order valence-electron chi connectivity index (χ1n) is 4.24. The minimum atomic E-state index is 0.448. The van der Waals surface area contributed by atoms with Crippen LogP contribution >= 0.6 is 23.2 Å².